The SMILES string of the molecule is CCC(=O)N1CCN(c2cc(Cl)ccc2C)C(=O)C1C. The summed E-state index contributed by atoms with van der Waals surface area (Å²) in [7, 11) is 0. The van der Waals surface area contributed by atoms with Gasteiger partial charge in [-0.05, 0) is 31.5 Å². The van der Waals surface area contributed by atoms with Gasteiger partial charge in [0, 0.05) is 30.2 Å². The lowest BCUT2D eigenvalue weighted by Gasteiger charge is -2.39. The first-order valence-corrected chi connectivity index (χ1v) is 7.20. The van der Waals surface area contributed by atoms with E-state index in [1.54, 1.807) is 22.8 Å². The number of carbonyl (C=O) groups is 2. The molecule has 1 unspecified atom stereocenters. The van der Waals surface area contributed by atoms with Crippen LogP contribution in [0.1, 0.15) is 25.8 Å². The molecule has 5 heteroatoms. The van der Waals surface area contributed by atoms with E-state index >= 15 is 0 Å². The summed E-state index contributed by atoms with van der Waals surface area (Å²) in [6.07, 6.45) is 0.424. The monoisotopic (exact) mass is 294 g/mol. The lowest BCUT2D eigenvalue weighted by molar-refractivity contribution is -0.140. The highest BCUT2D eigenvalue weighted by molar-refractivity contribution is 6.31. The fourth-order valence-electron chi connectivity index (χ4n) is 2.53. The summed E-state index contributed by atoms with van der Waals surface area (Å²) in [6.45, 7) is 6.61. The summed E-state index contributed by atoms with van der Waals surface area (Å²) >= 11 is 6.02. The smallest absolute Gasteiger partial charge is 0.249 e. The van der Waals surface area contributed by atoms with E-state index < -0.39 is 6.04 Å². The molecule has 1 aliphatic heterocycles. The van der Waals surface area contributed by atoms with E-state index in [9.17, 15) is 9.59 Å². The molecule has 0 aromatic heterocycles. The average Bonchev–Trinajstić information content (AvgIpc) is 2.44. The Morgan fingerprint density at radius 3 is 2.75 bits per heavy atom. The highest BCUT2D eigenvalue weighted by Gasteiger charge is 2.34. The van der Waals surface area contributed by atoms with Gasteiger partial charge in [0.25, 0.3) is 0 Å². The van der Waals surface area contributed by atoms with Gasteiger partial charge < -0.3 is 9.80 Å². The van der Waals surface area contributed by atoms with Crippen molar-refractivity contribution < 1.29 is 9.59 Å². The van der Waals surface area contributed by atoms with Crippen molar-refractivity contribution in [2.45, 2.75) is 33.2 Å². The minimum atomic E-state index is -0.422. The molecule has 1 saturated heterocycles. The van der Waals surface area contributed by atoms with Crippen LogP contribution in [0.2, 0.25) is 5.02 Å². The van der Waals surface area contributed by atoms with E-state index in [4.69, 9.17) is 11.6 Å². The lowest BCUT2D eigenvalue weighted by Crippen LogP contribution is -2.57. The number of hydrogen-bond acceptors (Lipinski definition) is 2. The van der Waals surface area contributed by atoms with Crippen LogP contribution < -0.4 is 4.90 Å². The third kappa shape index (κ3) is 2.66. The molecule has 0 spiro atoms. The zero-order valence-electron chi connectivity index (χ0n) is 12.0. The largest absolute Gasteiger partial charge is 0.329 e. The second-order valence-corrected chi connectivity index (χ2v) is 5.47. The number of hydrogen-bond donors (Lipinski definition) is 0. The minimum Gasteiger partial charge on any atom is -0.329 e. The number of aryl methyl sites for hydroxylation is 1. The molecule has 1 heterocycles. The van der Waals surface area contributed by atoms with Crippen LogP contribution in [0.5, 0.6) is 0 Å². The van der Waals surface area contributed by atoms with Crippen LogP contribution in [0.4, 0.5) is 5.69 Å². The number of rotatable bonds is 2. The Bertz CT molecular complexity index is 545. The van der Waals surface area contributed by atoms with Gasteiger partial charge in [0.15, 0.2) is 0 Å². The second kappa shape index (κ2) is 5.83. The van der Waals surface area contributed by atoms with Gasteiger partial charge in [-0.25, -0.2) is 0 Å². The number of anilines is 1. The molecular weight excluding hydrogens is 276 g/mol. The molecule has 1 atom stereocenters. The topological polar surface area (TPSA) is 40.6 Å². The van der Waals surface area contributed by atoms with Crippen molar-refractivity contribution in [1.29, 1.82) is 0 Å². The molecule has 2 amide bonds. The van der Waals surface area contributed by atoms with Gasteiger partial charge in [-0.3, -0.25) is 9.59 Å². The van der Waals surface area contributed by atoms with Crippen LogP contribution in [0, 0.1) is 6.92 Å². The Morgan fingerprint density at radius 2 is 2.10 bits per heavy atom. The molecule has 1 aliphatic rings. The highest BCUT2D eigenvalue weighted by atomic mass is 35.5. The molecule has 1 fully saturated rings. The predicted molar refractivity (Wildman–Crippen MR) is 80.0 cm³/mol. The van der Waals surface area contributed by atoms with Crippen LogP contribution in [-0.2, 0) is 9.59 Å². The molecule has 0 N–H and O–H groups in total. The van der Waals surface area contributed by atoms with Crippen LogP contribution in [0.3, 0.4) is 0 Å². The van der Waals surface area contributed by atoms with Crippen LogP contribution in [0.15, 0.2) is 18.2 Å². The molecule has 1 aromatic carbocycles. The fourth-order valence-corrected chi connectivity index (χ4v) is 2.69. The first kappa shape index (κ1) is 14.9. The number of nitrogens with zero attached hydrogens (tertiary/aromatic N) is 2. The summed E-state index contributed by atoms with van der Waals surface area (Å²) in [4.78, 5) is 27.7. The number of piperazine rings is 1. The summed E-state index contributed by atoms with van der Waals surface area (Å²) in [5.41, 5.74) is 1.84. The van der Waals surface area contributed by atoms with E-state index in [-0.39, 0.29) is 11.8 Å². The van der Waals surface area contributed by atoms with Gasteiger partial charge in [0.2, 0.25) is 11.8 Å². The quantitative estimate of drug-likeness (QED) is 0.841. The van der Waals surface area contributed by atoms with Crippen molar-refractivity contribution in [3.63, 3.8) is 0 Å². The predicted octanol–water partition coefficient (Wildman–Crippen LogP) is 2.62. The average molecular weight is 295 g/mol. The minimum absolute atomic E-state index is 0.0216. The van der Waals surface area contributed by atoms with Crippen molar-refractivity contribution in [3.05, 3.63) is 28.8 Å². The van der Waals surface area contributed by atoms with Crippen LogP contribution in [-0.4, -0.2) is 35.8 Å². The molecule has 0 aliphatic carbocycles. The Labute approximate surface area is 124 Å². The Morgan fingerprint density at radius 1 is 1.40 bits per heavy atom. The molecule has 1 aromatic rings. The maximum absolute atomic E-state index is 12.5. The highest BCUT2D eigenvalue weighted by Crippen LogP contribution is 2.27. The normalized spacial score (nSPS) is 19.4. The van der Waals surface area contributed by atoms with Gasteiger partial charge >= 0.3 is 0 Å². The van der Waals surface area contributed by atoms with E-state index in [1.807, 2.05) is 26.0 Å². The van der Waals surface area contributed by atoms with Gasteiger partial charge in [-0.15, -0.1) is 0 Å². The Balaban J connectivity index is 2.27. The third-order valence-corrected chi connectivity index (χ3v) is 3.98. The molecule has 2 rings (SSSR count). The zero-order valence-corrected chi connectivity index (χ0v) is 12.8. The summed E-state index contributed by atoms with van der Waals surface area (Å²) in [5, 5.41) is 0.609. The number of benzene rings is 1. The molecule has 0 bridgehead atoms. The second-order valence-electron chi connectivity index (χ2n) is 5.04. The first-order valence-electron chi connectivity index (χ1n) is 6.82. The van der Waals surface area contributed by atoms with Crippen molar-refractivity contribution in [2.24, 2.45) is 0 Å². The van der Waals surface area contributed by atoms with Crippen molar-refractivity contribution in [1.82, 2.24) is 4.90 Å². The van der Waals surface area contributed by atoms with Crippen molar-refractivity contribution in [2.75, 3.05) is 18.0 Å². The molecule has 0 radical (unpaired) electrons. The maximum Gasteiger partial charge on any atom is 0.249 e. The van der Waals surface area contributed by atoms with Gasteiger partial charge in [0.05, 0.1) is 0 Å². The van der Waals surface area contributed by atoms with E-state index in [1.165, 1.54) is 0 Å². The number of carbonyl (C=O) groups excluding carboxylic acids is 2. The van der Waals surface area contributed by atoms with Crippen LogP contribution in [0.25, 0.3) is 0 Å². The molecule has 108 valence electrons. The standard InChI is InChI=1S/C15H19ClN2O2/c1-4-14(19)17-7-8-18(15(20)11(17)3)13-9-12(16)6-5-10(13)2/h5-6,9,11H,4,7-8H2,1-3H3. The summed E-state index contributed by atoms with van der Waals surface area (Å²) < 4.78 is 0. The number of halogens is 1. The van der Waals surface area contributed by atoms with Gasteiger partial charge in [-0.1, -0.05) is 24.6 Å². The molecular formula is C15H19ClN2O2. The van der Waals surface area contributed by atoms with Crippen LogP contribution >= 0.6 is 11.6 Å². The summed E-state index contributed by atoms with van der Waals surface area (Å²) in [5.74, 6) is -0.0308. The fraction of sp³-hybridized carbons (Fsp3) is 0.467. The molecule has 0 saturated carbocycles. The van der Waals surface area contributed by atoms with Crippen molar-refractivity contribution >= 4 is 29.1 Å². The van der Waals surface area contributed by atoms with E-state index in [0.717, 1.165) is 11.3 Å². The van der Waals surface area contributed by atoms with E-state index in [2.05, 4.69) is 0 Å². The van der Waals surface area contributed by atoms with E-state index in [0.29, 0.717) is 24.5 Å². The maximum atomic E-state index is 12.5. The zero-order chi connectivity index (χ0) is 14.9. The van der Waals surface area contributed by atoms with Crippen molar-refractivity contribution in [3.8, 4) is 0 Å². The Kier molecular flexibility index (Phi) is 4.33. The molecule has 20 heavy (non-hydrogen) atoms. The van der Waals surface area contributed by atoms with Gasteiger partial charge in [0.1, 0.15) is 6.04 Å². The third-order valence-electron chi connectivity index (χ3n) is 3.74. The summed E-state index contributed by atoms with van der Waals surface area (Å²) in [6, 6.07) is 5.10. The Hall–Kier alpha value is -1.55. The van der Waals surface area contributed by atoms with Gasteiger partial charge in [-0.2, -0.15) is 0 Å². The molecule has 4 nitrogen and oxygen atoms in total. The number of amides is 2. The first-order chi connectivity index (χ1) is 9.45. The lowest BCUT2D eigenvalue weighted by atomic mass is 10.1.